The summed E-state index contributed by atoms with van der Waals surface area (Å²) in [7, 11) is -2.49. The molecule has 0 radical (unpaired) electrons. The molecule has 1 amide bonds. The van der Waals surface area contributed by atoms with Crippen LogP contribution < -0.4 is 15.5 Å². The summed E-state index contributed by atoms with van der Waals surface area (Å²) in [4.78, 5) is 27.4. The van der Waals surface area contributed by atoms with Crippen molar-refractivity contribution in [2.75, 3.05) is 12.4 Å². The molecule has 39 heavy (non-hydrogen) atoms. The number of hydrogen-bond donors (Lipinski definition) is 3. The Hall–Kier alpha value is -4.81. The molecule has 1 aromatic heterocycles. The average molecular weight is 549 g/mol. The summed E-state index contributed by atoms with van der Waals surface area (Å²) in [6.07, 6.45) is 1.38. The molecule has 0 spiro atoms. The standard InChI is InChI=1S/C27H24N4O7S/c1-17-13-20(18-5-3-7-21(14-18)31(34)35)15-24(26(32)30-33)25(17)29-16-19-6-4-12-28-27(19)39(36,37)23-10-8-22(38-2)9-11-23/h3-15,29,33H,16H2,1-2H3,(H,30,32). The number of non-ortho nitro benzene ring substituents is 1. The molecule has 0 bridgehead atoms. The summed E-state index contributed by atoms with van der Waals surface area (Å²) < 4.78 is 31.8. The number of nitro benzene ring substituents is 1. The van der Waals surface area contributed by atoms with Crippen molar-refractivity contribution in [2.45, 2.75) is 23.4 Å². The van der Waals surface area contributed by atoms with Gasteiger partial charge in [-0.15, -0.1) is 0 Å². The van der Waals surface area contributed by atoms with E-state index in [1.54, 1.807) is 48.8 Å². The third-order valence-corrected chi connectivity index (χ3v) is 7.77. The summed E-state index contributed by atoms with van der Waals surface area (Å²) in [5.41, 5.74) is 3.87. The van der Waals surface area contributed by atoms with Crippen molar-refractivity contribution in [1.82, 2.24) is 10.5 Å². The fourth-order valence-electron chi connectivity index (χ4n) is 4.08. The fraction of sp³-hybridized carbons (Fsp3) is 0.111. The van der Waals surface area contributed by atoms with Crippen LogP contribution in [-0.4, -0.2) is 36.5 Å². The van der Waals surface area contributed by atoms with Crippen molar-refractivity contribution < 1.29 is 28.1 Å². The molecule has 0 saturated carbocycles. The van der Waals surface area contributed by atoms with Gasteiger partial charge in [-0.1, -0.05) is 18.2 Å². The second kappa shape index (κ2) is 11.3. The molecule has 0 fully saturated rings. The molecule has 1 heterocycles. The number of carbonyl (C=O) groups is 1. The second-order valence-electron chi connectivity index (χ2n) is 8.46. The van der Waals surface area contributed by atoms with Crippen LogP contribution in [0.4, 0.5) is 11.4 Å². The number of anilines is 1. The zero-order chi connectivity index (χ0) is 28.2. The lowest BCUT2D eigenvalue weighted by Gasteiger charge is -2.17. The second-order valence-corrected chi connectivity index (χ2v) is 10.3. The van der Waals surface area contributed by atoms with Gasteiger partial charge in [0.05, 0.1) is 28.2 Å². The lowest BCUT2D eigenvalue weighted by molar-refractivity contribution is -0.384. The Morgan fingerprint density at radius 2 is 1.79 bits per heavy atom. The van der Waals surface area contributed by atoms with Gasteiger partial charge >= 0.3 is 0 Å². The molecule has 12 heteroatoms. The third kappa shape index (κ3) is 5.71. The highest BCUT2D eigenvalue weighted by molar-refractivity contribution is 7.91. The number of nitrogens with zero attached hydrogens (tertiary/aromatic N) is 2. The van der Waals surface area contributed by atoms with Crippen molar-refractivity contribution in [3.63, 3.8) is 0 Å². The minimum atomic E-state index is -3.98. The molecule has 0 atom stereocenters. The minimum absolute atomic E-state index is 0.0126. The van der Waals surface area contributed by atoms with E-state index in [1.165, 1.54) is 49.7 Å². The van der Waals surface area contributed by atoms with E-state index >= 15 is 0 Å². The number of hydrogen-bond acceptors (Lipinski definition) is 9. The highest BCUT2D eigenvalue weighted by atomic mass is 32.2. The Morgan fingerprint density at radius 1 is 1.05 bits per heavy atom. The molecule has 0 saturated heterocycles. The van der Waals surface area contributed by atoms with E-state index in [4.69, 9.17) is 4.74 Å². The number of sulfone groups is 1. The van der Waals surface area contributed by atoms with Crippen LogP contribution >= 0.6 is 0 Å². The minimum Gasteiger partial charge on any atom is -0.497 e. The molecular weight excluding hydrogens is 524 g/mol. The fourth-order valence-corrected chi connectivity index (χ4v) is 5.48. The molecule has 4 aromatic rings. The first kappa shape index (κ1) is 27.2. The van der Waals surface area contributed by atoms with Crippen LogP contribution in [0.3, 0.4) is 0 Å². The van der Waals surface area contributed by atoms with Gasteiger partial charge in [-0.2, -0.15) is 0 Å². The van der Waals surface area contributed by atoms with Crippen LogP contribution in [0.25, 0.3) is 11.1 Å². The summed E-state index contributed by atoms with van der Waals surface area (Å²) >= 11 is 0. The lowest BCUT2D eigenvalue weighted by atomic mass is 9.97. The van der Waals surface area contributed by atoms with Crippen LogP contribution in [0, 0.1) is 17.0 Å². The number of nitrogens with one attached hydrogen (secondary N) is 2. The molecule has 0 aliphatic heterocycles. The monoisotopic (exact) mass is 548 g/mol. The number of ether oxygens (including phenoxy) is 1. The quantitative estimate of drug-likeness (QED) is 0.155. The highest BCUT2D eigenvalue weighted by Gasteiger charge is 2.24. The van der Waals surface area contributed by atoms with Crippen LogP contribution in [-0.2, 0) is 16.4 Å². The number of benzene rings is 3. The Bertz CT molecular complexity index is 1660. The normalized spacial score (nSPS) is 11.1. The summed E-state index contributed by atoms with van der Waals surface area (Å²) in [6, 6.07) is 18.3. The van der Waals surface area contributed by atoms with E-state index in [2.05, 4.69) is 10.3 Å². The molecule has 11 nitrogen and oxygen atoms in total. The van der Waals surface area contributed by atoms with Gasteiger partial charge in [0.1, 0.15) is 5.75 Å². The van der Waals surface area contributed by atoms with Crippen LogP contribution in [0.2, 0.25) is 0 Å². The molecule has 200 valence electrons. The largest absolute Gasteiger partial charge is 0.497 e. The van der Waals surface area contributed by atoms with Gasteiger partial charge < -0.3 is 10.1 Å². The summed E-state index contributed by atoms with van der Waals surface area (Å²) in [5, 5.41) is 23.5. The van der Waals surface area contributed by atoms with Gasteiger partial charge in [0.15, 0.2) is 5.03 Å². The van der Waals surface area contributed by atoms with E-state index in [0.29, 0.717) is 33.7 Å². The third-order valence-electron chi connectivity index (χ3n) is 6.00. The predicted molar refractivity (Wildman–Crippen MR) is 143 cm³/mol. The maximum atomic E-state index is 13.4. The topological polar surface area (TPSA) is 161 Å². The smallest absolute Gasteiger partial charge is 0.276 e. The van der Waals surface area contributed by atoms with Gasteiger partial charge in [-0.3, -0.25) is 20.1 Å². The maximum Gasteiger partial charge on any atom is 0.276 e. The Labute approximate surface area is 224 Å². The number of carbonyl (C=O) groups excluding carboxylic acids is 1. The van der Waals surface area contributed by atoms with E-state index < -0.39 is 20.7 Å². The van der Waals surface area contributed by atoms with Crippen molar-refractivity contribution in [1.29, 1.82) is 0 Å². The first-order valence-electron chi connectivity index (χ1n) is 11.6. The van der Waals surface area contributed by atoms with Gasteiger partial charge in [-0.25, -0.2) is 18.9 Å². The predicted octanol–water partition coefficient (Wildman–Crippen LogP) is 4.54. The van der Waals surface area contributed by atoms with E-state index in [-0.39, 0.29) is 27.7 Å². The first-order valence-corrected chi connectivity index (χ1v) is 13.0. The number of aromatic nitrogens is 1. The molecule has 3 N–H and O–H groups in total. The molecular formula is C27H24N4O7S. The Morgan fingerprint density at radius 3 is 2.46 bits per heavy atom. The van der Waals surface area contributed by atoms with Crippen molar-refractivity contribution >= 4 is 27.1 Å². The Balaban J connectivity index is 1.70. The SMILES string of the molecule is COc1ccc(S(=O)(=O)c2ncccc2CNc2c(C)cc(-c3cccc([N+](=O)[O-])c3)cc2C(=O)NO)cc1. The number of nitro groups is 1. The summed E-state index contributed by atoms with van der Waals surface area (Å²) in [6.45, 7) is 1.71. The number of pyridine rings is 1. The zero-order valence-corrected chi connectivity index (χ0v) is 21.7. The molecule has 3 aromatic carbocycles. The summed E-state index contributed by atoms with van der Waals surface area (Å²) in [5.74, 6) is -0.305. The average Bonchev–Trinajstić information content (AvgIpc) is 2.96. The highest BCUT2D eigenvalue weighted by Crippen LogP contribution is 2.32. The van der Waals surface area contributed by atoms with Crippen molar-refractivity contribution in [3.05, 3.63) is 106 Å². The Kier molecular flexibility index (Phi) is 7.88. The van der Waals surface area contributed by atoms with Gasteiger partial charge in [0.25, 0.3) is 11.6 Å². The molecule has 0 aliphatic carbocycles. The van der Waals surface area contributed by atoms with Crippen LogP contribution in [0.15, 0.2) is 88.9 Å². The van der Waals surface area contributed by atoms with Gasteiger partial charge in [-0.05, 0) is 66.1 Å². The number of methoxy groups -OCH3 is 1. The van der Waals surface area contributed by atoms with Crippen molar-refractivity contribution in [2.24, 2.45) is 0 Å². The number of amides is 1. The van der Waals surface area contributed by atoms with Gasteiger partial charge in [0, 0.05) is 30.4 Å². The number of rotatable bonds is 9. The molecule has 0 unspecified atom stereocenters. The number of hydroxylamine groups is 1. The zero-order valence-electron chi connectivity index (χ0n) is 20.9. The van der Waals surface area contributed by atoms with Crippen LogP contribution in [0.5, 0.6) is 5.75 Å². The number of aryl methyl sites for hydroxylation is 1. The molecule has 0 aliphatic rings. The maximum absolute atomic E-state index is 13.4. The van der Waals surface area contributed by atoms with Crippen LogP contribution in [0.1, 0.15) is 21.5 Å². The lowest BCUT2D eigenvalue weighted by Crippen LogP contribution is -2.21. The van der Waals surface area contributed by atoms with E-state index in [0.717, 1.165) is 0 Å². The van der Waals surface area contributed by atoms with Crippen molar-refractivity contribution in [3.8, 4) is 16.9 Å². The van der Waals surface area contributed by atoms with E-state index in [9.17, 15) is 28.5 Å². The molecule has 4 rings (SSSR count). The van der Waals surface area contributed by atoms with Gasteiger partial charge in [0.2, 0.25) is 9.84 Å². The first-order chi connectivity index (χ1) is 18.6. The van der Waals surface area contributed by atoms with E-state index in [1.807, 2.05) is 0 Å².